The highest BCUT2D eigenvalue weighted by molar-refractivity contribution is 5.94. The number of ketones is 1. The van der Waals surface area contributed by atoms with E-state index in [0.717, 1.165) is 76.6 Å². The minimum absolute atomic E-state index is 0.0486. The number of ether oxygens (including phenoxy) is 4. The number of Topliss-reactive ketones (excluding diaryl/α,β-unsaturated/α-hetero) is 1. The molecule has 6 spiro atoms. The second kappa shape index (κ2) is 13.7. The molecule has 71 heavy (non-hydrogen) atoms. The Kier molecular flexibility index (Phi) is 8.51. The predicted octanol–water partition coefficient (Wildman–Crippen LogP) is 6.48. The van der Waals surface area contributed by atoms with E-state index in [4.69, 9.17) is 23.4 Å². The van der Waals surface area contributed by atoms with E-state index in [0.29, 0.717) is 42.9 Å². The Morgan fingerprint density at radius 1 is 0.958 bits per heavy atom. The Morgan fingerprint density at radius 3 is 2.63 bits per heavy atom. The van der Waals surface area contributed by atoms with Gasteiger partial charge in [0.15, 0.2) is 11.9 Å². The summed E-state index contributed by atoms with van der Waals surface area (Å²) in [7, 11) is 0. The molecule has 22 atom stereocenters. The van der Waals surface area contributed by atoms with Gasteiger partial charge in [0, 0.05) is 35.4 Å². The summed E-state index contributed by atoms with van der Waals surface area (Å²) in [4.78, 5) is 48.8. The van der Waals surface area contributed by atoms with Crippen molar-refractivity contribution in [3.8, 4) is 0 Å². The van der Waals surface area contributed by atoms with E-state index in [9.17, 15) is 20.1 Å². The topological polar surface area (TPSA) is 181 Å². The first-order valence-electron chi connectivity index (χ1n) is 28.3. The molecule has 7 aliphatic heterocycles. The van der Waals surface area contributed by atoms with Gasteiger partial charge in [-0.15, -0.1) is 0 Å². The van der Waals surface area contributed by atoms with E-state index < -0.39 is 80.7 Å². The summed E-state index contributed by atoms with van der Waals surface area (Å²) in [6.07, 6.45) is 20.9. The van der Waals surface area contributed by atoms with Crippen molar-refractivity contribution in [3.63, 3.8) is 0 Å². The lowest BCUT2D eigenvalue weighted by molar-refractivity contribution is -0.282. The molecule has 5 bridgehead atoms. The number of allylic oxidation sites excluding steroid dienone is 1. The molecular formula is C58H74N2O11. The van der Waals surface area contributed by atoms with Crippen molar-refractivity contribution in [1.29, 1.82) is 0 Å². The molecule has 16 rings (SSSR count). The van der Waals surface area contributed by atoms with Gasteiger partial charge in [-0.3, -0.25) is 14.9 Å². The molecule has 0 amide bonds. The molecule has 0 aromatic carbocycles. The van der Waals surface area contributed by atoms with Crippen molar-refractivity contribution < 1.29 is 53.1 Å². The van der Waals surface area contributed by atoms with Crippen molar-refractivity contribution in [2.45, 2.75) is 177 Å². The van der Waals surface area contributed by atoms with Crippen LogP contribution in [0.25, 0.3) is 0 Å². The predicted molar refractivity (Wildman–Crippen MR) is 253 cm³/mol. The summed E-state index contributed by atoms with van der Waals surface area (Å²) in [5.41, 5.74) is -4.89. The summed E-state index contributed by atoms with van der Waals surface area (Å²) in [5, 5.41) is 39.3. The summed E-state index contributed by atoms with van der Waals surface area (Å²) in [5.74, 6) is -1.08. The number of nitrogens with one attached hydrogen (secondary N) is 1. The highest BCUT2D eigenvalue weighted by Gasteiger charge is 2.97. The highest BCUT2D eigenvalue weighted by Crippen LogP contribution is 2.90. The smallest absolute Gasteiger partial charge is 0.339 e. The normalized spacial score (nSPS) is 55.4. The van der Waals surface area contributed by atoms with Crippen molar-refractivity contribution in [1.82, 2.24) is 10.2 Å². The number of hydrogen-bond donors (Lipinski definition) is 4. The Balaban J connectivity index is 0.849. The molecule has 13 fully saturated rings. The number of esters is 2. The number of furan rings is 1. The molecule has 4 N–H and O–H groups in total. The third kappa shape index (κ3) is 4.67. The minimum Gasteiger partial charge on any atom is -0.469 e. The van der Waals surface area contributed by atoms with Gasteiger partial charge in [-0.25, -0.2) is 4.79 Å². The number of hydrogen-bond acceptors (Lipinski definition) is 13. The first-order chi connectivity index (χ1) is 34.1. The van der Waals surface area contributed by atoms with Crippen LogP contribution in [0.15, 0.2) is 40.7 Å². The second-order valence-electron chi connectivity index (χ2n) is 27.8. The number of cyclic esters (lactones) is 2. The van der Waals surface area contributed by atoms with Crippen LogP contribution in [0.5, 0.6) is 0 Å². The lowest BCUT2D eigenvalue weighted by Gasteiger charge is -2.70. The Morgan fingerprint density at radius 2 is 1.80 bits per heavy atom. The van der Waals surface area contributed by atoms with Crippen LogP contribution in [-0.4, -0.2) is 106 Å². The molecule has 15 aliphatic rings. The van der Waals surface area contributed by atoms with Crippen LogP contribution in [0, 0.1) is 85.8 Å². The fraction of sp³-hybridized carbons (Fsp3) is 0.810. The van der Waals surface area contributed by atoms with Crippen molar-refractivity contribution in [2.24, 2.45) is 85.8 Å². The summed E-state index contributed by atoms with van der Waals surface area (Å²) in [6, 6.07) is 2.40. The van der Waals surface area contributed by atoms with Crippen molar-refractivity contribution in [3.05, 3.63) is 47.6 Å². The van der Waals surface area contributed by atoms with Crippen LogP contribution in [0.4, 0.5) is 0 Å². The Labute approximate surface area is 416 Å². The molecular weight excluding hydrogens is 901 g/mol. The zero-order valence-electron chi connectivity index (χ0n) is 41.9. The molecule has 13 heteroatoms. The summed E-state index contributed by atoms with van der Waals surface area (Å²) < 4.78 is 35.1. The van der Waals surface area contributed by atoms with Crippen LogP contribution >= 0.6 is 0 Å². The van der Waals surface area contributed by atoms with Gasteiger partial charge in [0.1, 0.15) is 35.8 Å². The number of carbonyl (C=O) groups excluding carboxylic acids is 3. The SMILES string of the molecule is CC12CC=C3CC4CCC5(CCC6(CCCC6)C5)C45CC4CC6(C)C(c7ccoc7CC(C(O)CO)C7CCC8C(C=CN9CNCC89)C7)OC(=O)C7OC76C6(C)C(O)C(=O)C1C1(COC(=O)C5C31O2)C46. The maximum Gasteiger partial charge on any atom is 0.339 e. The number of epoxide rings is 1. The third-order valence-electron chi connectivity index (χ3n) is 25.9. The van der Waals surface area contributed by atoms with E-state index in [1.165, 1.54) is 37.7 Å². The molecule has 8 saturated carbocycles. The zero-order chi connectivity index (χ0) is 48.3. The fourth-order valence-electron chi connectivity index (χ4n) is 24.0. The van der Waals surface area contributed by atoms with E-state index in [-0.39, 0.29) is 65.4 Å². The van der Waals surface area contributed by atoms with E-state index in [1.54, 1.807) is 6.26 Å². The number of nitrogens with zero attached hydrogens (tertiary/aromatic N) is 1. The third-order valence-corrected chi connectivity index (χ3v) is 25.9. The maximum atomic E-state index is 16.0. The van der Waals surface area contributed by atoms with Gasteiger partial charge in [0.2, 0.25) is 0 Å². The van der Waals surface area contributed by atoms with Crippen LogP contribution in [-0.2, 0) is 39.8 Å². The molecule has 0 radical (unpaired) electrons. The van der Waals surface area contributed by atoms with Crippen molar-refractivity contribution >= 4 is 17.7 Å². The van der Waals surface area contributed by atoms with Crippen LogP contribution < -0.4 is 5.32 Å². The van der Waals surface area contributed by atoms with Gasteiger partial charge >= 0.3 is 11.9 Å². The van der Waals surface area contributed by atoms with Gasteiger partial charge in [-0.05, 0) is 172 Å². The fourth-order valence-corrected chi connectivity index (χ4v) is 24.0. The largest absolute Gasteiger partial charge is 0.469 e. The summed E-state index contributed by atoms with van der Waals surface area (Å²) in [6.45, 7) is 7.88. The molecule has 22 unspecified atom stereocenters. The number of fused-ring (bicyclic) bond motifs is 5. The highest BCUT2D eigenvalue weighted by atomic mass is 16.7. The number of rotatable bonds is 6. The zero-order valence-corrected chi connectivity index (χ0v) is 41.9. The second-order valence-corrected chi connectivity index (χ2v) is 27.8. The Hall–Kier alpha value is -3.07. The molecule has 13 nitrogen and oxygen atoms in total. The Bertz CT molecular complexity index is 2620. The minimum atomic E-state index is -1.47. The number of aliphatic hydroxyl groups excluding tert-OH is 3. The maximum absolute atomic E-state index is 16.0. The molecule has 382 valence electrons. The molecule has 5 saturated heterocycles. The molecule has 8 aliphatic carbocycles. The first kappa shape index (κ1) is 44.2. The molecule has 8 heterocycles. The molecule has 1 aromatic heterocycles. The first-order valence-corrected chi connectivity index (χ1v) is 28.3. The molecule has 1 aromatic rings. The van der Waals surface area contributed by atoms with E-state index in [1.807, 2.05) is 6.07 Å². The average Bonchev–Trinajstić information content (AvgIpc) is 3.98. The number of carbonyl (C=O) groups is 3. The lowest BCUT2D eigenvalue weighted by Crippen LogP contribution is -2.80. The summed E-state index contributed by atoms with van der Waals surface area (Å²) >= 11 is 0. The standard InChI is InChI=1S/C58H74N2O11/c1-50-23-32-24-55-33(9-15-54(55)17-16-53(27-54)12-4-5-13-53)21-34-8-14-51(2)43-41(63)45(64)52(3,42(32)56(43)28-68-48(65)44(55)57(34,56)71-51)58(50)47(70-58)49(66)69-46(50)36-11-19-67-40(36)22-37(39(62)26-61)30-6-7-35-31(20-30)10-18-60-29-59-25-38(35)60/h8,10-11,18-19,30-33,35,37-39,42-47,59,61-62,64H,4-7,9,12-17,20-29H2,1-3H3. The van der Waals surface area contributed by atoms with Gasteiger partial charge < -0.3 is 43.6 Å². The van der Waals surface area contributed by atoms with E-state index >= 15 is 9.59 Å². The lowest BCUT2D eigenvalue weighted by atomic mass is 9.33. The van der Waals surface area contributed by atoms with Crippen LogP contribution in [0.2, 0.25) is 0 Å². The van der Waals surface area contributed by atoms with Gasteiger partial charge in [-0.1, -0.05) is 38.8 Å². The monoisotopic (exact) mass is 975 g/mol. The van der Waals surface area contributed by atoms with E-state index in [2.05, 4.69) is 49.3 Å². The van der Waals surface area contributed by atoms with Gasteiger partial charge in [0.25, 0.3) is 0 Å². The average molecular weight is 975 g/mol. The number of aliphatic hydroxyl groups is 3. The van der Waals surface area contributed by atoms with Gasteiger partial charge in [0.05, 0.1) is 48.5 Å². The van der Waals surface area contributed by atoms with Crippen LogP contribution in [0.1, 0.15) is 141 Å². The quantitative estimate of drug-likeness (QED) is 0.138. The van der Waals surface area contributed by atoms with Crippen LogP contribution in [0.3, 0.4) is 0 Å². The van der Waals surface area contributed by atoms with Crippen molar-refractivity contribution in [2.75, 3.05) is 26.4 Å². The van der Waals surface area contributed by atoms with Gasteiger partial charge in [-0.2, -0.15) is 0 Å².